The number of hydrogen-bond donors (Lipinski definition) is 0. The fourth-order valence-electron chi connectivity index (χ4n) is 0.471. The van der Waals surface area contributed by atoms with Gasteiger partial charge in [-0.05, 0) is 24.9 Å². The molecule has 0 aliphatic rings. The van der Waals surface area contributed by atoms with Gasteiger partial charge in [0.25, 0.3) is 0 Å². The van der Waals surface area contributed by atoms with Gasteiger partial charge in [-0.1, -0.05) is 15.9 Å². The smallest absolute Gasteiger partial charge is 0.101 e. The van der Waals surface area contributed by atoms with E-state index < -0.39 is 0 Å². The highest BCUT2D eigenvalue weighted by molar-refractivity contribution is 9.09. The van der Waals surface area contributed by atoms with Gasteiger partial charge in [0.1, 0.15) is 4.83 Å². The van der Waals surface area contributed by atoms with Gasteiger partial charge in [0, 0.05) is 0 Å². The summed E-state index contributed by atoms with van der Waals surface area (Å²) in [5.74, 6) is 1.16. The Morgan fingerprint density at radius 1 is 1.78 bits per heavy atom. The molecule has 0 saturated carbocycles. The predicted octanol–water partition coefficient (Wildman–Crippen LogP) is 2.42. The van der Waals surface area contributed by atoms with Crippen LogP contribution in [0.15, 0.2) is 0 Å². The third-order valence-electron chi connectivity index (χ3n) is 0.946. The maximum Gasteiger partial charge on any atom is 0.101 e. The molecule has 0 saturated heterocycles. The van der Waals surface area contributed by atoms with Crippen LogP contribution >= 0.6 is 27.7 Å². The van der Waals surface area contributed by atoms with Crippen molar-refractivity contribution < 1.29 is 0 Å². The average Bonchev–Trinajstić information content (AvgIpc) is 1.89. The number of halogens is 1. The number of hydrogen-bond acceptors (Lipinski definition) is 2. The molecule has 0 rings (SSSR count). The lowest BCUT2D eigenvalue weighted by atomic mass is 10.3. The summed E-state index contributed by atoms with van der Waals surface area (Å²) in [6.07, 6.45) is 4.18. The van der Waals surface area contributed by atoms with E-state index in [4.69, 9.17) is 5.26 Å². The summed E-state index contributed by atoms with van der Waals surface area (Å²) >= 11 is 5.06. The van der Waals surface area contributed by atoms with Crippen molar-refractivity contribution in [2.24, 2.45) is 0 Å². The van der Waals surface area contributed by atoms with Gasteiger partial charge < -0.3 is 0 Å². The summed E-state index contributed by atoms with van der Waals surface area (Å²) in [6.45, 7) is 0. The Balaban J connectivity index is 2.99. The second kappa shape index (κ2) is 6.44. The van der Waals surface area contributed by atoms with Crippen molar-refractivity contribution in [3.63, 3.8) is 0 Å². The molecule has 0 heterocycles. The minimum atomic E-state index is 0.0599. The Kier molecular flexibility index (Phi) is 6.67. The van der Waals surface area contributed by atoms with Crippen LogP contribution in [0, 0.1) is 11.3 Å². The van der Waals surface area contributed by atoms with E-state index in [0.29, 0.717) is 0 Å². The zero-order valence-electron chi connectivity index (χ0n) is 5.43. The third-order valence-corrected chi connectivity index (χ3v) is 2.31. The molecular formula is C6H10BrNS. The Bertz CT molecular complexity index is 99.7. The molecule has 0 amide bonds. The maximum absolute atomic E-state index is 8.33. The van der Waals surface area contributed by atoms with Crippen LogP contribution in [0.3, 0.4) is 0 Å². The molecule has 9 heavy (non-hydrogen) atoms. The van der Waals surface area contributed by atoms with E-state index in [1.54, 1.807) is 0 Å². The molecule has 1 atom stereocenters. The van der Waals surface area contributed by atoms with E-state index in [9.17, 15) is 0 Å². The zero-order valence-corrected chi connectivity index (χ0v) is 7.83. The number of nitriles is 1. The van der Waals surface area contributed by atoms with E-state index in [-0.39, 0.29) is 4.83 Å². The molecule has 0 fully saturated rings. The van der Waals surface area contributed by atoms with Crippen molar-refractivity contribution in [2.45, 2.75) is 17.7 Å². The summed E-state index contributed by atoms with van der Waals surface area (Å²) in [6, 6.07) is 2.13. The Labute approximate surface area is 68.9 Å². The van der Waals surface area contributed by atoms with Gasteiger partial charge in [-0.2, -0.15) is 17.0 Å². The molecule has 0 aliphatic carbocycles. The summed E-state index contributed by atoms with van der Waals surface area (Å²) in [4.78, 5) is 0.0599. The van der Waals surface area contributed by atoms with Crippen molar-refractivity contribution in [3.8, 4) is 6.07 Å². The van der Waals surface area contributed by atoms with Gasteiger partial charge in [0.15, 0.2) is 0 Å². The molecule has 0 radical (unpaired) electrons. The molecule has 52 valence electrons. The first-order chi connectivity index (χ1) is 4.31. The van der Waals surface area contributed by atoms with Crippen LogP contribution in [0.2, 0.25) is 0 Å². The van der Waals surface area contributed by atoms with Crippen LogP contribution in [-0.4, -0.2) is 16.8 Å². The lowest BCUT2D eigenvalue weighted by molar-refractivity contribution is 0.852. The predicted molar refractivity (Wildman–Crippen MR) is 45.9 cm³/mol. The monoisotopic (exact) mass is 207 g/mol. The van der Waals surface area contributed by atoms with Gasteiger partial charge in [0.2, 0.25) is 0 Å². The molecule has 0 spiro atoms. The molecule has 0 aromatic rings. The van der Waals surface area contributed by atoms with E-state index in [2.05, 4.69) is 28.3 Å². The second-order valence-electron chi connectivity index (χ2n) is 1.73. The van der Waals surface area contributed by atoms with Crippen LogP contribution in [0.4, 0.5) is 0 Å². The molecule has 1 unspecified atom stereocenters. The number of rotatable bonds is 4. The highest BCUT2D eigenvalue weighted by atomic mass is 79.9. The topological polar surface area (TPSA) is 23.8 Å². The molecule has 0 N–H and O–H groups in total. The lowest BCUT2D eigenvalue weighted by Crippen LogP contribution is -1.92. The zero-order chi connectivity index (χ0) is 7.11. The highest BCUT2D eigenvalue weighted by Crippen LogP contribution is 2.08. The summed E-state index contributed by atoms with van der Waals surface area (Å²) in [5.41, 5.74) is 0. The molecule has 0 aliphatic heterocycles. The SMILES string of the molecule is CSCCCC(Br)C#N. The van der Waals surface area contributed by atoms with Crippen LogP contribution in [0.1, 0.15) is 12.8 Å². The van der Waals surface area contributed by atoms with Crippen molar-refractivity contribution in [1.82, 2.24) is 0 Å². The molecule has 0 aromatic heterocycles. The van der Waals surface area contributed by atoms with E-state index in [1.807, 2.05) is 11.8 Å². The van der Waals surface area contributed by atoms with Gasteiger partial charge in [-0.15, -0.1) is 0 Å². The van der Waals surface area contributed by atoms with E-state index >= 15 is 0 Å². The first-order valence-corrected chi connectivity index (χ1v) is 5.15. The Morgan fingerprint density at radius 3 is 2.89 bits per heavy atom. The number of alkyl halides is 1. The third kappa shape index (κ3) is 6.20. The number of nitrogens with zero attached hydrogens (tertiary/aromatic N) is 1. The number of thioether (sulfide) groups is 1. The molecule has 1 nitrogen and oxygen atoms in total. The molecular weight excluding hydrogens is 198 g/mol. The van der Waals surface area contributed by atoms with E-state index in [1.165, 1.54) is 0 Å². The standard InChI is InChI=1S/C6H10BrNS/c1-9-4-2-3-6(7)5-8/h6H,2-4H2,1H3. The first kappa shape index (κ1) is 9.32. The Morgan fingerprint density at radius 2 is 2.44 bits per heavy atom. The normalized spacial score (nSPS) is 12.6. The largest absolute Gasteiger partial charge is 0.197 e. The van der Waals surface area contributed by atoms with Crippen molar-refractivity contribution in [1.29, 1.82) is 5.26 Å². The Hall–Kier alpha value is 0.320. The first-order valence-electron chi connectivity index (χ1n) is 2.84. The van der Waals surface area contributed by atoms with Crippen LogP contribution < -0.4 is 0 Å². The highest BCUT2D eigenvalue weighted by Gasteiger charge is 1.98. The molecule has 0 aromatic carbocycles. The van der Waals surface area contributed by atoms with Gasteiger partial charge >= 0.3 is 0 Å². The fraction of sp³-hybridized carbons (Fsp3) is 0.833. The van der Waals surface area contributed by atoms with Gasteiger partial charge in [-0.3, -0.25) is 0 Å². The van der Waals surface area contributed by atoms with Crippen LogP contribution in [0.5, 0.6) is 0 Å². The van der Waals surface area contributed by atoms with Crippen LogP contribution in [-0.2, 0) is 0 Å². The van der Waals surface area contributed by atoms with Crippen molar-refractivity contribution in [2.75, 3.05) is 12.0 Å². The minimum Gasteiger partial charge on any atom is -0.197 e. The van der Waals surface area contributed by atoms with Gasteiger partial charge in [0.05, 0.1) is 6.07 Å². The summed E-state index contributed by atoms with van der Waals surface area (Å²) < 4.78 is 0. The summed E-state index contributed by atoms with van der Waals surface area (Å²) in [5, 5.41) is 8.33. The quantitative estimate of drug-likeness (QED) is 0.523. The van der Waals surface area contributed by atoms with Crippen LogP contribution in [0.25, 0.3) is 0 Å². The minimum absolute atomic E-state index is 0.0599. The fourth-order valence-corrected chi connectivity index (χ4v) is 1.25. The van der Waals surface area contributed by atoms with Crippen molar-refractivity contribution >= 4 is 27.7 Å². The van der Waals surface area contributed by atoms with Crippen molar-refractivity contribution in [3.05, 3.63) is 0 Å². The summed E-state index contributed by atoms with van der Waals surface area (Å²) in [7, 11) is 0. The molecule has 3 heteroatoms. The molecule has 0 bridgehead atoms. The van der Waals surface area contributed by atoms with E-state index in [0.717, 1.165) is 18.6 Å². The average molecular weight is 208 g/mol. The van der Waals surface area contributed by atoms with Gasteiger partial charge in [-0.25, -0.2) is 0 Å². The lowest BCUT2D eigenvalue weighted by Gasteiger charge is -1.96. The second-order valence-corrected chi connectivity index (χ2v) is 3.82. The maximum atomic E-state index is 8.33.